The maximum atomic E-state index is 8.66. The summed E-state index contributed by atoms with van der Waals surface area (Å²) in [5.41, 5.74) is 1.55. The van der Waals surface area contributed by atoms with Gasteiger partial charge in [0.05, 0.1) is 12.3 Å². The second-order valence-electron chi connectivity index (χ2n) is 2.57. The third-order valence-electron chi connectivity index (χ3n) is 1.85. The fraction of sp³-hybridized carbons (Fsp3) is 0.222. The van der Waals surface area contributed by atoms with Crippen LogP contribution in [0.4, 0.5) is 0 Å². The molecule has 1 aromatic rings. The highest BCUT2D eigenvalue weighted by atomic mass is 16.5. The number of oxime groups is 1. The Bertz CT molecular complexity index is 320. The van der Waals surface area contributed by atoms with Crippen LogP contribution in [-0.4, -0.2) is 17.5 Å². The van der Waals surface area contributed by atoms with Crippen molar-refractivity contribution in [1.29, 1.82) is 0 Å². The minimum Gasteiger partial charge on any atom is -0.492 e. The van der Waals surface area contributed by atoms with Crippen molar-refractivity contribution in [3.63, 3.8) is 0 Å². The molecule has 1 aliphatic heterocycles. The highest BCUT2D eigenvalue weighted by Gasteiger charge is 2.15. The van der Waals surface area contributed by atoms with Crippen molar-refractivity contribution in [3.8, 4) is 5.75 Å². The molecule has 0 saturated heterocycles. The molecule has 12 heavy (non-hydrogen) atoms. The van der Waals surface area contributed by atoms with Gasteiger partial charge in [0.1, 0.15) is 5.75 Å². The summed E-state index contributed by atoms with van der Waals surface area (Å²) in [6, 6.07) is 8.27. The van der Waals surface area contributed by atoms with Gasteiger partial charge < -0.3 is 9.94 Å². The highest BCUT2D eigenvalue weighted by Crippen LogP contribution is 2.23. The molecule has 61 valence electrons. The molecular weight excluding hydrogens is 154 g/mol. The van der Waals surface area contributed by atoms with Gasteiger partial charge in [-0.15, -0.1) is 0 Å². The summed E-state index contributed by atoms with van der Waals surface area (Å²) in [5, 5.41) is 11.9. The van der Waals surface area contributed by atoms with Crippen molar-refractivity contribution in [2.75, 3.05) is 6.61 Å². The SMILES string of the molecule is O/N=C1\CCOc2c[c]ccc21. The van der Waals surface area contributed by atoms with Crippen LogP contribution in [0, 0.1) is 6.07 Å². The second-order valence-corrected chi connectivity index (χ2v) is 2.57. The first-order valence-corrected chi connectivity index (χ1v) is 3.76. The second kappa shape index (κ2) is 2.85. The van der Waals surface area contributed by atoms with Gasteiger partial charge in [-0.3, -0.25) is 0 Å². The van der Waals surface area contributed by atoms with Crippen LogP contribution in [0.25, 0.3) is 0 Å². The van der Waals surface area contributed by atoms with E-state index in [9.17, 15) is 0 Å². The van der Waals surface area contributed by atoms with Gasteiger partial charge in [0.2, 0.25) is 0 Å². The highest BCUT2D eigenvalue weighted by molar-refractivity contribution is 6.03. The third kappa shape index (κ3) is 1.03. The summed E-state index contributed by atoms with van der Waals surface area (Å²) in [5.74, 6) is 0.747. The van der Waals surface area contributed by atoms with E-state index in [2.05, 4.69) is 11.2 Å². The van der Waals surface area contributed by atoms with Crippen LogP contribution >= 0.6 is 0 Å². The molecule has 1 heterocycles. The number of rotatable bonds is 0. The van der Waals surface area contributed by atoms with Crippen molar-refractivity contribution in [2.24, 2.45) is 5.16 Å². The Morgan fingerprint density at radius 1 is 1.58 bits per heavy atom. The lowest BCUT2D eigenvalue weighted by molar-refractivity contribution is 0.298. The first-order chi connectivity index (χ1) is 5.92. The predicted molar refractivity (Wildman–Crippen MR) is 43.7 cm³/mol. The smallest absolute Gasteiger partial charge is 0.129 e. The number of fused-ring (bicyclic) bond motifs is 1. The van der Waals surface area contributed by atoms with E-state index >= 15 is 0 Å². The first-order valence-electron chi connectivity index (χ1n) is 3.76. The molecule has 0 bridgehead atoms. The van der Waals surface area contributed by atoms with Crippen LogP contribution < -0.4 is 4.74 Å². The van der Waals surface area contributed by atoms with Crippen LogP contribution in [-0.2, 0) is 0 Å². The van der Waals surface area contributed by atoms with Gasteiger partial charge >= 0.3 is 0 Å². The largest absolute Gasteiger partial charge is 0.492 e. The van der Waals surface area contributed by atoms with E-state index < -0.39 is 0 Å². The zero-order valence-electron chi connectivity index (χ0n) is 6.45. The van der Waals surface area contributed by atoms with Crippen molar-refractivity contribution in [3.05, 3.63) is 29.8 Å². The maximum Gasteiger partial charge on any atom is 0.129 e. The predicted octanol–water partition coefficient (Wildman–Crippen LogP) is 1.45. The molecule has 0 amide bonds. The number of hydrogen-bond acceptors (Lipinski definition) is 3. The van der Waals surface area contributed by atoms with Crippen LogP contribution in [0.15, 0.2) is 23.4 Å². The lowest BCUT2D eigenvalue weighted by Crippen LogP contribution is -2.15. The molecule has 0 aliphatic carbocycles. The average Bonchev–Trinajstić information content (AvgIpc) is 2.17. The van der Waals surface area contributed by atoms with Gasteiger partial charge in [-0.2, -0.15) is 0 Å². The van der Waals surface area contributed by atoms with Crippen molar-refractivity contribution < 1.29 is 9.94 Å². The fourth-order valence-electron chi connectivity index (χ4n) is 1.27. The average molecular weight is 162 g/mol. The number of ether oxygens (including phenoxy) is 1. The quantitative estimate of drug-likeness (QED) is 0.463. The van der Waals surface area contributed by atoms with Gasteiger partial charge in [0.25, 0.3) is 0 Å². The summed E-state index contributed by atoms with van der Waals surface area (Å²) in [6.07, 6.45) is 0.660. The van der Waals surface area contributed by atoms with E-state index in [1.54, 1.807) is 12.1 Å². The van der Waals surface area contributed by atoms with E-state index in [0.29, 0.717) is 18.7 Å². The molecule has 2 rings (SSSR count). The van der Waals surface area contributed by atoms with Crippen LogP contribution in [0.1, 0.15) is 12.0 Å². The first kappa shape index (κ1) is 7.16. The lowest BCUT2D eigenvalue weighted by Gasteiger charge is -2.16. The molecule has 1 aromatic carbocycles. The Balaban J connectivity index is 2.51. The lowest BCUT2D eigenvalue weighted by atomic mass is 10.0. The Labute approximate surface area is 70.3 Å². The van der Waals surface area contributed by atoms with Crippen LogP contribution in [0.3, 0.4) is 0 Å². The Kier molecular flexibility index (Phi) is 1.70. The van der Waals surface area contributed by atoms with Crippen LogP contribution in [0.2, 0.25) is 0 Å². The molecule has 1 N–H and O–H groups in total. The summed E-state index contributed by atoms with van der Waals surface area (Å²) >= 11 is 0. The Morgan fingerprint density at radius 2 is 2.50 bits per heavy atom. The zero-order valence-corrected chi connectivity index (χ0v) is 6.45. The van der Waals surface area contributed by atoms with Gasteiger partial charge in [-0.25, -0.2) is 0 Å². The van der Waals surface area contributed by atoms with Crippen molar-refractivity contribution in [2.45, 2.75) is 6.42 Å². The minimum atomic E-state index is 0.574. The molecule has 0 aromatic heterocycles. The standard InChI is InChI=1S/C9H8NO2/c11-10-8-5-6-12-9-4-2-1-3-7(8)9/h1,3-4,11H,5-6H2/b10-8+. The van der Waals surface area contributed by atoms with E-state index in [1.165, 1.54) is 0 Å². The third-order valence-corrected chi connectivity index (χ3v) is 1.85. The molecule has 0 atom stereocenters. The molecule has 0 unspecified atom stereocenters. The van der Waals surface area contributed by atoms with E-state index in [0.717, 1.165) is 11.3 Å². The maximum absolute atomic E-state index is 8.66. The molecule has 1 radical (unpaired) electrons. The number of nitrogens with zero attached hydrogens (tertiary/aromatic N) is 1. The van der Waals surface area contributed by atoms with E-state index in [-0.39, 0.29) is 0 Å². The molecule has 3 nitrogen and oxygen atoms in total. The molecule has 0 saturated carbocycles. The van der Waals surface area contributed by atoms with Gasteiger partial charge in [0, 0.05) is 12.0 Å². The number of hydrogen-bond donors (Lipinski definition) is 1. The molecule has 0 spiro atoms. The van der Waals surface area contributed by atoms with E-state index in [4.69, 9.17) is 9.94 Å². The summed E-state index contributed by atoms with van der Waals surface area (Å²) in [6.45, 7) is 0.574. The van der Waals surface area contributed by atoms with Gasteiger partial charge in [-0.1, -0.05) is 11.2 Å². The summed E-state index contributed by atoms with van der Waals surface area (Å²) in [7, 11) is 0. The van der Waals surface area contributed by atoms with E-state index in [1.807, 2.05) is 6.07 Å². The monoisotopic (exact) mass is 162 g/mol. The Morgan fingerprint density at radius 3 is 3.33 bits per heavy atom. The molecule has 3 heteroatoms. The zero-order chi connectivity index (χ0) is 8.39. The topological polar surface area (TPSA) is 41.8 Å². The minimum absolute atomic E-state index is 0.574. The van der Waals surface area contributed by atoms with Gasteiger partial charge in [-0.05, 0) is 18.2 Å². The van der Waals surface area contributed by atoms with Crippen molar-refractivity contribution in [1.82, 2.24) is 0 Å². The van der Waals surface area contributed by atoms with Crippen LogP contribution in [0.5, 0.6) is 5.75 Å². The summed E-state index contributed by atoms with van der Waals surface area (Å²) in [4.78, 5) is 0. The van der Waals surface area contributed by atoms with Crippen molar-refractivity contribution >= 4 is 5.71 Å². The summed E-state index contributed by atoms with van der Waals surface area (Å²) < 4.78 is 5.33. The van der Waals surface area contributed by atoms with Gasteiger partial charge in [0.15, 0.2) is 0 Å². The number of benzene rings is 1. The molecule has 1 aliphatic rings. The Hall–Kier alpha value is -1.51. The fourth-order valence-corrected chi connectivity index (χ4v) is 1.27. The molecular formula is C9H8NO2. The molecule has 0 fully saturated rings. The normalized spacial score (nSPS) is 18.5.